The molecule has 37 heavy (non-hydrogen) atoms. The Kier molecular flexibility index (Phi) is 6.09. The van der Waals surface area contributed by atoms with Gasteiger partial charge in [-0.15, -0.1) is 0 Å². The Hall–Kier alpha value is -3.14. The number of halogens is 1. The van der Waals surface area contributed by atoms with Crippen molar-refractivity contribution in [3.63, 3.8) is 0 Å². The Morgan fingerprint density at radius 3 is 2.43 bits per heavy atom. The predicted octanol–water partition coefficient (Wildman–Crippen LogP) is 4.06. The highest BCUT2D eigenvalue weighted by molar-refractivity contribution is 7.90. The van der Waals surface area contributed by atoms with Crippen LogP contribution < -0.4 is 5.32 Å². The zero-order valence-electron chi connectivity index (χ0n) is 20.8. The maximum atomic E-state index is 14.3. The summed E-state index contributed by atoms with van der Waals surface area (Å²) in [5.41, 5.74) is 5.25. The van der Waals surface area contributed by atoms with Crippen LogP contribution in [0, 0.1) is 11.2 Å². The Labute approximate surface area is 216 Å². The minimum atomic E-state index is -3.56. The lowest BCUT2D eigenvalue weighted by atomic mass is 9.73. The lowest BCUT2D eigenvalue weighted by Crippen LogP contribution is -2.58. The number of H-pyrrole nitrogens is 1. The molecular weight excluding hydrogens is 489 g/mol. The van der Waals surface area contributed by atoms with Gasteiger partial charge in [0.1, 0.15) is 17.8 Å². The standard InChI is InChI=1S/C28H30FN5O2S/c1-37(35,36)23-13-21(12-22(29)14-23)26-24-15-25(33-27(24)32-18-31-26)20-4-2-19(3-5-20)6-9-34-10-7-28(8-11-34)16-30-17-28/h2-5,12-15,18,30H,6-11,16-17H2,1H3,(H,31,32,33). The Balaban J connectivity index is 1.20. The van der Waals surface area contributed by atoms with E-state index in [-0.39, 0.29) is 4.90 Å². The number of aromatic nitrogens is 3. The molecular formula is C28H30FN5O2S. The van der Waals surface area contributed by atoms with Crippen LogP contribution in [0.2, 0.25) is 0 Å². The van der Waals surface area contributed by atoms with E-state index < -0.39 is 15.7 Å². The molecule has 4 heterocycles. The zero-order chi connectivity index (χ0) is 25.6. The van der Waals surface area contributed by atoms with Crippen molar-refractivity contribution in [3.8, 4) is 22.5 Å². The highest BCUT2D eigenvalue weighted by Gasteiger charge is 2.39. The van der Waals surface area contributed by atoms with Gasteiger partial charge in [-0.1, -0.05) is 24.3 Å². The summed E-state index contributed by atoms with van der Waals surface area (Å²) in [5.74, 6) is -0.625. The smallest absolute Gasteiger partial charge is 0.175 e. The molecule has 7 nitrogen and oxygen atoms in total. The second kappa shape index (κ2) is 9.31. The van der Waals surface area contributed by atoms with Crippen LogP contribution in [-0.2, 0) is 16.3 Å². The van der Waals surface area contributed by atoms with Gasteiger partial charge in [0.05, 0.1) is 10.6 Å². The number of benzene rings is 2. The van der Waals surface area contributed by atoms with E-state index in [0.29, 0.717) is 27.7 Å². The SMILES string of the molecule is CS(=O)(=O)c1cc(F)cc(-c2ncnc3[nH]c(-c4ccc(CCN5CCC6(CC5)CNC6)cc4)cc23)c1. The van der Waals surface area contributed by atoms with Gasteiger partial charge in [-0.25, -0.2) is 22.8 Å². The summed E-state index contributed by atoms with van der Waals surface area (Å²) in [7, 11) is -3.56. The Morgan fingerprint density at radius 2 is 1.76 bits per heavy atom. The molecule has 4 aromatic rings. The monoisotopic (exact) mass is 519 g/mol. The van der Waals surface area contributed by atoms with Crippen molar-refractivity contribution < 1.29 is 12.8 Å². The van der Waals surface area contributed by atoms with Crippen molar-refractivity contribution in [1.82, 2.24) is 25.2 Å². The molecule has 0 amide bonds. The van der Waals surface area contributed by atoms with Crippen LogP contribution in [0.1, 0.15) is 18.4 Å². The van der Waals surface area contributed by atoms with Gasteiger partial charge in [-0.2, -0.15) is 0 Å². The van der Waals surface area contributed by atoms with Crippen molar-refractivity contribution in [2.45, 2.75) is 24.2 Å². The number of likely N-dealkylation sites (tertiary alicyclic amines) is 1. The average molecular weight is 520 g/mol. The van der Waals surface area contributed by atoms with Crippen LogP contribution in [0.25, 0.3) is 33.5 Å². The molecule has 2 aliphatic heterocycles. The summed E-state index contributed by atoms with van der Waals surface area (Å²) in [4.78, 5) is 14.5. The molecule has 192 valence electrons. The number of piperidine rings is 1. The summed E-state index contributed by atoms with van der Waals surface area (Å²) in [5, 5.41) is 4.13. The van der Waals surface area contributed by atoms with E-state index in [1.165, 1.54) is 63.0 Å². The average Bonchev–Trinajstić information content (AvgIpc) is 3.31. The van der Waals surface area contributed by atoms with E-state index >= 15 is 0 Å². The Morgan fingerprint density at radius 1 is 1.00 bits per heavy atom. The van der Waals surface area contributed by atoms with Crippen molar-refractivity contribution in [2.24, 2.45) is 5.41 Å². The van der Waals surface area contributed by atoms with Crippen LogP contribution in [0.4, 0.5) is 4.39 Å². The minimum Gasteiger partial charge on any atom is -0.339 e. The van der Waals surface area contributed by atoms with Gasteiger partial charge < -0.3 is 15.2 Å². The summed E-state index contributed by atoms with van der Waals surface area (Å²) in [6.45, 7) is 5.84. The number of rotatable bonds is 6. The summed E-state index contributed by atoms with van der Waals surface area (Å²) >= 11 is 0. The maximum absolute atomic E-state index is 14.3. The summed E-state index contributed by atoms with van der Waals surface area (Å²) in [6.07, 6.45) is 6.09. The van der Waals surface area contributed by atoms with Crippen molar-refractivity contribution in [1.29, 1.82) is 0 Å². The predicted molar refractivity (Wildman–Crippen MR) is 143 cm³/mol. The van der Waals surface area contributed by atoms with Gasteiger partial charge in [-0.05, 0) is 73.2 Å². The third-order valence-electron chi connectivity index (χ3n) is 7.90. The molecule has 2 aromatic carbocycles. The fraction of sp³-hybridized carbons (Fsp3) is 0.357. The van der Waals surface area contributed by atoms with Crippen LogP contribution in [-0.4, -0.2) is 67.2 Å². The molecule has 1 spiro atoms. The highest BCUT2D eigenvalue weighted by atomic mass is 32.2. The lowest BCUT2D eigenvalue weighted by Gasteiger charge is -2.48. The third-order valence-corrected chi connectivity index (χ3v) is 8.99. The molecule has 0 aliphatic carbocycles. The van der Waals surface area contributed by atoms with E-state index in [9.17, 15) is 12.8 Å². The van der Waals surface area contributed by atoms with Gasteiger partial charge in [0.15, 0.2) is 9.84 Å². The largest absolute Gasteiger partial charge is 0.339 e. The van der Waals surface area contributed by atoms with Crippen molar-refractivity contribution in [3.05, 3.63) is 66.2 Å². The van der Waals surface area contributed by atoms with Crippen LogP contribution in [0.15, 0.2) is 59.8 Å². The molecule has 6 rings (SSSR count). The molecule has 2 fully saturated rings. The number of sulfone groups is 1. The quantitative estimate of drug-likeness (QED) is 0.399. The number of hydrogen-bond donors (Lipinski definition) is 2. The van der Waals surface area contributed by atoms with Crippen LogP contribution in [0.5, 0.6) is 0 Å². The molecule has 2 saturated heterocycles. The lowest BCUT2D eigenvalue weighted by molar-refractivity contribution is 0.0560. The third kappa shape index (κ3) is 4.91. The van der Waals surface area contributed by atoms with Crippen LogP contribution in [0.3, 0.4) is 0 Å². The number of aromatic amines is 1. The molecule has 0 bridgehead atoms. The first-order valence-electron chi connectivity index (χ1n) is 12.7. The first-order chi connectivity index (χ1) is 17.8. The molecule has 2 N–H and O–H groups in total. The molecule has 0 unspecified atom stereocenters. The van der Waals surface area contributed by atoms with E-state index in [2.05, 4.69) is 49.4 Å². The van der Waals surface area contributed by atoms with E-state index in [4.69, 9.17) is 0 Å². The maximum Gasteiger partial charge on any atom is 0.175 e. The number of fused-ring (bicyclic) bond motifs is 1. The van der Waals surface area contributed by atoms with Crippen molar-refractivity contribution in [2.75, 3.05) is 39.0 Å². The minimum absolute atomic E-state index is 0.0790. The Bertz CT molecular complexity index is 1550. The first-order valence-corrected chi connectivity index (χ1v) is 14.5. The molecule has 2 aliphatic rings. The first kappa shape index (κ1) is 24.2. The number of nitrogens with zero attached hydrogens (tertiary/aromatic N) is 3. The van der Waals surface area contributed by atoms with Crippen LogP contribution >= 0.6 is 0 Å². The van der Waals surface area contributed by atoms with Crippen molar-refractivity contribution >= 4 is 20.9 Å². The van der Waals surface area contributed by atoms with Gasteiger partial charge in [0, 0.05) is 42.5 Å². The molecule has 2 aromatic heterocycles. The molecule has 9 heteroatoms. The second-order valence-corrected chi connectivity index (χ2v) is 12.5. The molecule has 0 atom stereocenters. The van der Waals surface area contributed by atoms with E-state index in [0.717, 1.165) is 36.5 Å². The van der Waals surface area contributed by atoms with Gasteiger partial charge in [0.2, 0.25) is 0 Å². The fourth-order valence-corrected chi connectivity index (χ4v) is 6.13. The topological polar surface area (TPSA) is 91.0 Å². The summed E-state index contributed by atoms with van der Waals surface area (Å²) in [6, 6.07) is 14.2. The van der Waals surface area contributed by atoms with Gasteiger partial charge in [-0.3, -0.25) is 0 Å². The molecule has 0 radical (unpaired) electrons. The number of nitrogens with one attached hydrogen (secondary N) is 2. The fourth-order valence-electron chi connectivity index (χ4n) is 5.46. The highest BCUT2D eigenvalue weighted by Crippen LogP contribution is 2.35. The number of hydrogen-bond acceptors (Lipinski definition) is 6. The van der Waals surface area contributed by atoms with E-state index in [1.54, 1.807) is 0 Å². The normalized spacial score (nSPS) is 17.8. The summed E-state index contributed by atoms with van der Waals surface area (Å²) < 4.78 is 38.3. The van der Waals surface area contributed by atoms with Gasteiger partial charge >= 0.3 is 0 Å². The zero-order valence-corrected chi connectivity index (χ0v) is 21.6. The molecule has 0 saturated carbocycles. The van der Waals surface area contributed by atoms with Gasteiger partial charge in [0.25, 0.3) is 0 Å². The second-order valence-electron chi connectivity index (χ2n) is 10.5. The van der Waals surface area contributed by atoms with E-state index in [1.807, 2.05) is 6.07 Å².